The number of rotatable bonds is 5. The van der Waals surface area contributed by atoms with E-state index in [1.54, 1.807) is 24.3 Å². The van der Waals surface area contributed by atoms with Crippen LogP contribution < -0.4 is 21.8 Å². The zero-order chi connectivity index (χ0) is 23.3. The number of benzene rings is 2. The minimum atomic E-state index is -0.290. The molecule has 32 heavy (non-hydrogen) atoms. The van der Waals surface area contributed by atoms with Crippen LogP contribution in [0.5, 0.6) is 0 Å². The van der Waals surface area contributed by atoms with Gasteiger partial charge in [-0.25, -0.2) is 11.1 Å². The Morgan fingerprint density at radius 2 is 1.53 bits per heavy atom. The van der Waals surface area contributed by atoms with Gasteiger partial charge in [0, 0.05) is 36.4 Å². The zero-order valence-corrected chi connectivity index (χ0v) is 18.9. The van der Waals surface area contributed by atoms with Crippen molar-refractivity contribution in [1.82, 2.24) is 5.32 Å². The van der Waals surface area contributed by atoms with E-state index in [-0.39, 0.29) is 23.0 Å². The van der Waals surface area contributed by atoms with Crippen molar-refractivity contribution in [2.75, 3.05) is 24.5 Å². The van der Waals surface area contributed by atoms with Crippen molar-refractivity contribution in [2.24, 2.45) is 11.1 Å². The lowest BCUT2D eigenvalue weighted by atomic mass is 9.82. The first-order valence-corrected chi connectivity index (χ1v) is 10.9. The van der Waals surface area contributed by atoms with E-state index in [1.807, 2.05) is 0 Å². The Morgan fingerprint density at radius 3 is 2.12 bits per heavy atom. The van der Waals surface area contributed by atoms with Crippen molar-refractivity contribution >= 4 is 17.3 Å². The van der Waals surface area contributed by atoms with E-state index in [0.717, 1.165) is 19.5 Å². The maximum atomic E-state index is 12.7. The molecule has 1 fully saturated rings. The number of carbonyl (C=O) groups excluding carboxylic acids is 2. The fraction of sp³-hybridized carbons (Fsp3) is 0.360. The van der Waals surface area contributed by atoms with Crippen molar-refractivity contribution in [3.63, 3.8) is 0 Å². The number of piperidine rings is 1. The predicted octanol–water partition coefficient (Wildman–Crippen LogP) is 2.31. The molecule has 1 heterocycles. The van der Waals surface area contributed by atoms with E-state index in [4.69, 9.17) is 10.9 Å². The van der Waals surface area contributed by atoms with Crippen molar-refractivity contribution < 1.29 is 20.7 Å². The molecule has 0 radical (unpaired) electrons. The first-order valence-electron chi connectivity index (χ1n) is 10.9. The highest BCUT2D eigenvalue weighted by Gasteiger charge is 2.30. The molecule has 0 bridgehead atoms. The maximum absolute atomic E-state index is 12.7. The average molecular weight is 438 g/mol. The van der Waals surface area contributed by atoms with Crippen molar-refractivity contribution in [3.05, 3.63) is 76.6 Å². The van der Waals surface area contributed by atoms with Crippen molar-refractivity contribution in [2.45, 2.75) is 33.1 Å². The van der Waals surface area contributed by atoms with Gasteiger partial charge >= 0.3 is 0 Å². The molecule has 1 aliphatic carbocycles. The van der Waals surface area contributed by atoms with E-state index in [9.17, 15) is 9.59 Å². The first kappa shape index (κ1) is 23.5. The Hall–Kier alpha value is -3.16. The number of Topliss-reactive ketones (excluding diaryl/α,β-unsaturated/α-hetero) is 2. The smallest absolute Gasteiger partial charge is 0.211 e. The Kier molecular flexibility index (Phi) is 7.33. The van der Waals surface area contributed by atoms with Crippen LogP contribution in [-0.4, -0.2) is 36.4 Å². The second-order valence-corrected chi connectivity index (χ2v) is 8.99. The second-order valence-electron chi connectivity index (χ2n) is 8.99. The van der Waals surface area contributed by atoms with Gasteiger partial charge < -0.3 is 16.0 Å². The zero-order valence-electron chi connectivity index (χ0n) is 18.9. The lowest BCUT2D eigenvalue weighted by Gasteiger charge is -2.38. The van der Waals surface area contributed by atoms with E-state index in [2.05, 4.69) is 54.2 Å². The van der Waals surface area contributed by atoms with Crippen LogP contribution >= 0.6 is 0 Å². The summed E-state index contributed by atoms with van der Waals surface area (Å²) in [7, 11) is 0. The molecule has 7 N–H and O–H groups in total. The predicted molar refractivity (Wildman–Crippen MR) is 124 cm³/mol. The molecule has 7 nitrogen and oxygen atoms in total. The number of nitrogens with two attached hydrogens (primary N) is 1. The SMILES string of the molecule is CC1(C)CCN(c2ccc(CCNC3=C(N)C(=O)c4ccccc4C3=O)cc2)CC1.[NH3+]O. The van der Waals surface area contributed by atoms with Gasteiger partial charge in [0.2, 0.25) is 11.6 Å². The number of ketones is 2. The van der Waals surface area contributed by atoms with Crippen LogP contribution in [0.1, 0.15) is 53.0 Å². The number of nitrogens with one attached hydrogen (secondary N) is 1. The quantitative estimate of drug-likeness (QED) is 0.532. The summed E-state index contributed by atoms with van der Waals surface area (Å²) < 4.78 is 0. The molecule has 1 saturated heterocycles. The van der Waals surface area contributed by atoms with Crippen LogP contribution in [0.15, 0.2) is 59.9 Å². The van der Waals surface area contributed by atoms with E-state index >= 15 is 0 Å². The van der Waals surface area contributed by atoms with Gasteiger partial charge in [0.25, 0.3) is 0 Å². The molecule has 0 aromatic heterocycles. The number of nitrogens with zero attached hydrogens (tertiary/aromatic N) is 1. The molecule has 0 amide bonds. The molecule has 0 atom stereocenters. The molecule has 2 aliphatic rings. The number of hydrogen-bond acceptors (Lipinski definition) is 6. The topological polar surface area (TPSA) is 123 Å². The van der Waals surface area contributed by atoms with Crippen molar-refractivity contribution in [3.8, 4) is 0 Å². The minimum absolute atomic E-state index is 0.00192. The lowest BCUT2D eigenvalue weighted by Crippen LogP contribution is -2.42. The van der Waals surface area contributed by atoms with Gasteiger partial charge in [-0.05, 0) is 42.4 Å². The molecule has 0 saturated carbocycles. The monoisotopic (exact) mass is 437 g/mol. The summed E-state index contributed by atoms with van der Waals surface area (Å²) in [4.78, 5) is 27.6. The van der Waals surface area contributed by atoms with Crippen molar-refractivity contribution in [1.29, 1.82) is 0 Å². The summed E-state index contributed by atoms with van der Waals surface area (Å²) in [6, 6.07) is 15.4. The minimum Gasteiger partial charge on any atom is -0.394 e. The third kappa shape index (κ3) is 5.00. The average Bonchev–Trinajstić information content (AvgIpc) is 2.82. The maximum Gasteiger partial charge on any atom is 0.211 e. The summed E-state index contributed by atoms with van der Waals surface area (Å²) >= 11 is 0. The highest BCUT2D eigenvalue weighted by molar-refractivity contribution is 6.26. The van der Waals surface area contributed by atoms with Gasteiger partial charge in [-0.2, -0.15) is 0 Å². The summed E-state index contributed by atoms with van der Waals surface area (Å²) in [5, 5.41) is 9.85. The largest absolute Gasteiger partial charge is 0.394 e. The highest BCUT2D eigenvalue weighted by Crippen LogP contribution is 2.32. The van der Waals surface area contributed by atoms with E-state index in [0.29, 0.717) is 23.1 Å². The van der Waals surface area contributed by atoms with Gasteiger partial charge in [-0.1, -0.05) is 50.2 Å². The molecule has 0 spiro atoms. The third-order valence-corrected chi connectivity index (χ3v) is 6.29. The van der Waals surface area contributed by atoms with Gasteiger partial charge in [-0.15, -0.1) is 0 Å². The van der Waals surface area contributed by atoms with E-state index in [1.165, 1.54) is 24.1 Å². The molecule has 2 aromatic carbocycles. The summed E-state index contributed by atoms with van der Waals surface area (Å²) in [5.41, 5.74) is 9.86. The summed E-state index contributed by atoms with van der Waals surface area (Å²) in [6.45, 7) is 7.41. The fourth-order valence-corrected chi connectivity index (χ4v) is 4.15. The van der Waals surface area contributed by atoms with Crippen LogP contribution in [0, 0.1) is 5.41 Å². The van der Waals surface area contributed by atoms with Gasteiger partial charge in [0.15, 0.2) is 0 Å². The van der Waals surface area contributed by atoms with E-state index < -0.39 is 0 Å². The molecule has 7 heteroatoms. The Labute approximate surface area is 189 Å². The number of fused-ring (bicyclic) bond motifs is 1. The molecule has 170 valence electrons. The number of anilines is 1. The van der Waals surface area contributed by atoms with Crippen LogP contribution in [0.2, 0.25) is 0 Å². The Balaban J connectivity index is 0.00000141. The van der Waals surface area contributed by atoms with Gasteiger partial charge in [-0.3, -0.25) is 9.59 Å². The molecule has 1 aliphatic heterocycles. The first-order chi connectivity index (χ1) is 15.4. The normalized spacial score (nSPS) is 17.4. The number of quaternary nitrogens is 1. The lowest BCUT2D eigenvalue weighted by molar-refractivity contribution is -0.670. The number of hydrogen-bond donors (Lipinski definition) is 4. The van der Waals surface area contributed by atoms with Crippen LogP contribution in [0.3, 0.4) is 0 Å². The Bertz CT molecular complexity index is 1000. The second kappa shape index (κ2) is 9.97. The molecular weight excluding hydrogens is 404 g/mol. The molecule has 2 aromatic rings. The van der Waals surface area contributed by atoms with Crippen LogP contribution in [0.25, 0.3) is 0 Å². The van der Waals surface area contributed by atoms with Gasteiger partial charge in [0.1, 0.15) is 11.4 Å². The summed E-state index contributed by atoms with van der Waals surface area (Å²) in [5.74, 6) is 1.74. The van der Waals surface area contributed by atoms with Crippen LogP contribution in [-0.2, 0) is 6.42 Å². The molecule has 4 rings (SSSR count). The Morgan fingerprint density at radius 1 is 0.969 bits per heavy atom. The third-order valence-electron chi connectivity index (χ3n) is 6.29. The molecular formula is C25H33N4O3+. The number of carbonyl (C=O) groups is 2. The van der Waals surface area contributed by atoms with Gasteiger partial charge in [0.05, 0.1) is 0 Å². The van der Waals surface area contributed by atoms with Crippen LogP contribution in [0.4, 0.5) is 5.69 Å². The standard InChI is InChI=1S/C25H29N3O2.H4NO/c1-25(2)12-15-28(16-13-25)18-9-7-17(8-10-18)11-14-27-22-21(26)23(29)19-5-3-4-6-20(19)24(22)30;1-2/h3-10,27H,11-16,26H2,1-2H3;2H,1H3/q;+1. The highest BCUT2D eigenvalue weighted by atomic mass is 16.4. The number of allylic oxidation sites excluding steroid dienone is 2. The fourth-order valence-electron chi connectivity index (χ4n) is 4.15. The molecule has 0 unspecified atom stereocenters. The summed E-state index contributed by atoms with van der Waals surface area (Å²) in [6.07, 6.45) is 3.17.